The highest BCUT2D eigenvalue weighted by Gasteiger charge is 2.61. The van der Waals surface area contributed by atoms with Gasteiger partial charge in [0.2, 0.25) is 11.8 Å². The Labute approximate surface area is 99.9 Å². The summed E-state index contributed by atoms with van der Waals surface area (Å²) in [4.78, 5) is 11.7. The van der Waals surface area contributed by atoms with Crippen molar-refractivity contribution in [2.24, 2.45) is 5.92 Å². The maximum Gasteiger partial charge on any atom is 0.409 e. The largest absolute Gasteiger partial charge is 0.409 e. The summed E-state index contributed by atoms with van der Waals surface area (Å²) in [5.74, 6) is -4.22. The van der Waals surface area contributed by atoms with Gasteiger partial charge in [-0.25, -0.2) is 0 Å². The van der Waals surface area contributed by atoms with Gasteiger partial charge in [0.05, 0.1) is 6.54 Å². The van der Waals surface area contributed by atoms with E-state index in [4.69, 9.17) is 6.42 Å². The van der Waals surface area contributed by atoms with Crippen molar-refractivity contribution in [3.8, 4) is 12.3 Å². The van der Waals surface area contributed by atoms with Gasteiger partial charge in [-0.1, -0.05) is 12.8 Å². The van der Waals surface area contributed by atoms with Gasteiger partial charge in [0.15, 0.2) is 0 Å². The number of carbonyl (C=O) groups is 1. The van der Waals surface area contributed by atoms with E-state index in [9.17, 15) is 31.1 Å². The number of halogens is 6. The molecular weight excluding hydrogens is 264 g/mol. The monoisotopic (exact) mass is 275 g/mol. The highest BCUT2D eigenvalue weighted by molar-refractivity contribution is 5.80. The zero-order valence-electron chi connectivity index (χ0n) is 9.40. The summed E-state index contributed by atoms with van der Waals surface area (Å²) in [5.41, 5.74) is 0. The minimum atomic E-state index is -5.68. The molecule has 104 valence electrons. The van der Waals surface area contributed by atoms with Crippen LogP contribution < -0.4 is 0 Å². The van der Waals surface area contributed by atoms with E-state index in [2.05, 4.69) is 0 Å². The van der Waals surface area contributed by atoms with E-state index in [1.807, 2.05) is 5.92 Å². The molecule has 0 radical (unpaired) electrons. The summed E-state index contributed by atoms with van der Waals surface area (Å²) in [6, 6.07) is 0. The molecule has 0 saturated carbocycles. The van der Waals surface area contributed by atoms with Gasteiger partial charge >= 0.3 is 12.4 Å². The third-order valence-corrected chi connectivity index (χ3v) is 1.99. The molecule has 2 nitrogen and oxygen atoms in total. The highest BCUT2D eigenvalue weighted by Crippen LogP contribution is 2.40. The van der Waals surface area contributed by atoms with Gasteiger partial charge in [-0.05, 0) is 6.42 Å². The lowest BCUT2D eigenvalue weighted by Crippen LogP contribution is -2.49. The third kappa shape index (κ3) is 4.47. The second kappa shape index (κ2) is 5.98. The molecule has 0 aliphatic heterocycles. The summed E-state index contributed by atoms with van der Waals surface area (Å²) in [6.07, 6.45) is -6.36. The molecule has 0 fully saturated rings. The van der Waals surface area contributed by atoms with Crippen LogP contribution in [-0.4, -0.2) is 36.2 Å². The van der Waals surface area contributed by atoms with E-state index >= 15 is 0 Å². The van der Waals surface area contributed by atoms with Gasteiger partial charge in [-0.3, -0.25) is 4.79 Å². The lowest BCUT2D eigenvalue weighted by Gasteiger charge is -2.28. The summed E-state index contributed by atoms with van der Waals surface area (Å²) >= 11 is 0. The van der Waals surface area contributed by atoms with Crippen LogP contribution in [0.5, 0.6) is 0 Å². The average molecular weight is 275 g/mol. The second-order valence-electron chi connectivity index (χ2n) is 3.48. The molecule has 0 aromatic rings. The lowest BCUT2D eigenvalue weighted by molar-refractivity contribution is -0.277. The van der Waals surface area contributed by atoms with Gasteiger partial charge in [0, 0.05) is 6.54 Å². The fourth-order valence-corrected chi connectivity index (χ4v) is 1.30. The van der Waals surface area contributed by atoms with E-state index in [-0.39, 0.29) is 13.0 Å². The SMILES string of the molecule is C#CCN(CCC)C(=O)C(C(F)(F)F)C(F)(F)F. The Bertz CT molecular complexity index is 313. The Kier molecular flexibility index (Phi) is 5.52. The molecular formula is C10H11F6NO. The zero-order chi connectivity index (χ0) is 14.6. The van der Waals surface area contributed by atoms with Crippen LogP contribution in [0.3, 0.4) is 0 Å². The molecule has 0 rings (SSSR count). The van der Waals surface area contributed by atoms with Crippen molar-refractivity contribution < 1.29 is 31.1 Å². The fourth-order valence-electron chi connectivity index (χ4n) is 1.30. The second-order valence-corrected chi connectivity index (χ2v) is 3.48. The zero-order valence-corrected chi connectivity index (χ0v) is 9.40. The number of amides is 1. The first-order chi connectivity index (χ1) is 8.05. The minimum absolute atomic E-state index is 0.204. The van der Waals surface area contributed by atoms with Crippen LogP contribution in [0.25, 0.3) is 0 Å². The summed E-state index contributed by atoms with van der Waals surface area (Å²) in [5, 5.41) is 0. The van der Waals surface area contributed by atoms with Crippen molar-refractivity contribution >= 4 is 5.91 Å². The quantitative estimate of drug-likeness (QED) is 0.570. The molecule has 0 heterocycles. The molecule has 0 bridgehead atoms. The number of terminal acetylenes is 1. The predicted molar refractivity (Wildman–Crippen MR) is 51.3 cm³/mol. The Balaban J connectivity index is 5.25. The molecule has 0 spiro atoms. The molecule has 0 N–H and O–H groups in total. The first-order valence-corrected chi connectivity index (χ1v) is 4.91. The van der Waals surface area contributed by atoms with Crippen molar-refractivity contribution in [3.63, 3.8) is 0 Å². The first kappa shape index (κ1) is 16.6. The standard InChI is InChI=1S/C10H11F6NO/c1-3-5-17(6-4-2)8(18)7(9(11,12)13)10(14,15)16/h1,7H,4-6H2,2H3. The van der Waals surface area contributed by atoms with E-state index < -0.39 is 30.7 Å². The maximum atomic E-state index is 12.3. The van der Waals surface area contributed by atoms with Gasteiger partial charge in [0.25, 0.3) is 0 Å². The minimum Gasteiger partial charge on any atom is -0.331 e. The molecule has 0 unspecified atom stereocenters. The molecule has 0 atom stereocenters. The number of hydrogen-bond donors (Lipinski definition) is 0. The lowest BCUT2D eigenvalue weighted by atomic mass is 10.1. The Morgan fingerprint density at radius 3 is 1.94 bits per heavy atom. The van der Waals surface area contributed by atoms with Crippen molar-refractivity contribution in [1.82, 2.24) is 4.90 Å². The van der Waals surface area contributed by atoms with Crippen molar-refractivity contribution in [2.75, 3.05) is 13.1 Å². The highest BCUT2D eigenvalue weighted by atomic mass is 19.4. The van der Waals surface area contributed by atoms with Crippen LogP contribution in [0, 0.1) is 18.3 Å². The van der Waals surface area contributed by atoms with Crippen LogP contribution in [0.4, 0.5) is 26.3 Å². The topological polar surface area (TPSA) is 20.3 Å². The van der Waals surface area contributed by atoms with E-state index in [1.165, 1.54) is 6.92 Å². The molecule has 0 aromatic carbocycles. The Hall–Kier alpha value is -1.39. The van der Waals surface area contributed by atoms with Crippen molar-refractivity contribution in [1.29, 1.82) is 0 Å². The van der Waals surface area contributed by atoms with Crippen molar-refractivity contribution in [3.05, 3.63) is 0 Å². The van der Waals surface area contributed by atoms with Gasteiger partial charge in [-0.2, -0.15) is 26.3 Å². The summed E-state index contributed by atoms with van der Waals surface area (Å²) in [7, 11) is 0. The summed E-state index contributed by atoms with van der Waals surface area (Å²) in [6.45, 7) is 0.661. The normalized spacial score (nSPS) is 12.4. The smallest absolute Gasteiger partial charge is 0.331 e. The molecule has 8 heteroatoms. The molecule has 0 saturated heterocycles. The third-order valence-electron chi connectivity index (χ3n) is 1.99. The average Bonchev–Trinajstić information content (AvgIpc) is 2.12. The summed E-state index contributed by atoms with van der Waals surface area (Å²) < 4.78 is 73.7. The number of rotatable bonds is 4. The number of nitrogens with zero attached hydrogens (tertiary/aromatic N) is 1. The van der Waals surface area contributed by atoms with E-state index in [0.29, 0.717) is 4.90 Å². The van der Waals surface area contributed by atoms with Crippen LogP contribution in [0.1, 0.15) is 13.3 Å². The molecule has 18 heavy (non-hydrogen) atoms. The van der Waals surface area contributed by atoms with Crippen LogP contribution >= 0.6 is 0 Å². The molecule has 0 aliphatic carbocycles. The number of alkyl halides is 6. The van der Waals surface area contributed by atoms with Gasteiger partial charge in [-0.15, -0.1) is 6.42 Å². The predicted octanol–water partition coefficient (Wildman–Crippen LogP) is 2.60. The van der Waals surface area contributed by atoms with Crippen LogP contribution in [-0.2, 0) is 4.79 Å². The van der Waals surface area contributed by atoms with Gasteiger partial charge < -0.3 is 4.90 Å². The Morgan fingerprint density at radius 2 is 1.67 bits per heavy atom. The van der Waals surface area contributed by atoms with E-state index in [1.54, 1.807) is 0 Å². The van der Waals surface area contributed by atoms with Gasteiger partial charge in [0.1, 0.15) is 0 Å². The Morgan fingerprint density at radius 1 is 1.22 bits per heavy atom. The van der Waals surface area contributed by atoms with Crippen LogP contribution in [0.2, 0.25) is 0 Å². The molecule has 1 amide bonds. The molecule has 0 aromatic heterocycles. The fraction of sp³-hybridized carbons (Fsp3) is 0.700. The first-order valence-electron chi connectivity index (χ1n) is 4.91. The van der Waals surface area contributed by atoms with Crippen molar-refractivity contribution in [2.45, 2.75) is 25.7 Å². The number of carbonyl (C=O) groups excluding carboxylic acids is 1. The van der Waals surface area contributed by atoms with E-state index in [0.717, 1.165) is 0 Å². The maximum absolute atomic E-state index is 12.3. The van der Waals surface area contributed by atoms with Crippen LogP contribution in [0.15, 0.2) is 0 Å². The number of hydrogen-bond acceptors (Lipinski definition) is 1. The molecule has 0 aliphatic rings.